The van der Waals surface area contributed by atoms with E-state index in [4.69, 9.17) is 23.2 Å². The minimum absolute atomic E-state index is 0.0735. The summed E-state index contributed by atoms with van der Waals surface area (Å²) in [5.41, 5.74) is 1.72. The first kappa shape index (κ1) is 14.2. The summed E-state index contributed by atoms with van der Waals surface area (Å²) in [6, 6.07) is 12.9. The fraction of sp³-hybridized carbons (Fsp3) is 0.200. The van der Waals surface area contributed by atoms with Gasteiger partial charge in [0.15, 0.2) is 0 Å². The number of hydrogen-bond acceptors (Lipinski definition) is 2. The highest BCUT2D eigenvalue weighted by Gasteiger charge is 2.11. The maximum absolute atomic E-state index is 9.78. The largest absolute Gasteiger partial charge is 0.508 e. The van der Waals surface area contributed by atoms with Crippen LogP contribution in [0.4, 0.5) is 0 Å². The number of benzene rings is 2. The first-order valence-corrected chi connectivity index (χ1v) is 6.79. The van der Waals surface area contributed by atoms with Crippen molar-refractivity contribution in [3.63, 3.8) is 0 Å². The van der Waals surface area contributed by atoms with Gasteiger partial charge in [0.25, 0.3) is 0 Å². The highest BCUT2D eigenvalue weighted by Crippen LogP contribution is 2.27. The molecule has 19 heavy (non-hydrogen) atoms. The molecule has 0 heterocycles. The molecule has 2 N–H and O–H groups in total. The summed E-state index contributed by atoms with van der Waals surface area (Å²) in [6.45, 7) is 2.51. The highest BCUT2D eigenvalue weighted by molar-refractivity contribution is 6.31. The summed E-state index contributed by atoms with van der Waals surface area (Å²) in [5, 5.41) is 14.4. The van der Waals surface area contributed by atoms with Gasteiger partial charge >= 0.3 is 0 Å². The standard InChI is InChI=1S/C15H15Cl2NO/c1-10(11-5-2-3-6-13(11)16)18-9-12-14(17)7-4-8-15(12)19/h2-8,10,18-19H,9H2,1H3. The third-order valence-electron chi connectivity index (χ3n) is 3.05. The van der Waals surface area contributed by atoms with Crippen molar-refractivity contribution in [2.75, 3.05) is 0 Å². The zero-order valence-corrected chi connectivity index (χ0v) is 12.0. The second-order valence-electron chi connectivity index (χ2n) is 4.36. The Labute approximate surface area is 123 Å². The lowest BCUT2D eigenvalue weighted by molar-refractivity contribution is 0.460. The molecule has 0 saturated heterocycles. The maximum atomic E-state index is 9.78. The number of aromatic hydroxyl groups is 1. The molecule has 0 fully saturated rings. The SMILES string of the molecule is CC(NCc1c(O)cccc1Cl)c1ccccc1Cl. The van der Waals surface area contributed by atoms with Crippen LogP contribution in [-0.4, -0.2) is 5.11 Å². The number of hydrogen-bond donors (Lipinski definition) is 2. The van der Waals surface area contributed by atoms with Crippen molar-refractivity contribution < 1.29 is 5.11 Å². The fourth-order valence-electron chi connectivity index (χ4n) is 1.91. The molecule has 2 nitrogen and oxygen atoms in total. The smallest absolute Gasteiger partial charge is 0.121 e. The van der Waals surface area contributed by atoms with Gasteiger partial charge in [0.05, 0.1) is 0 Å². The molecule has 2 aromatic rings. The van der Waals surface area contributed by atoms with E-state index in [-0.39, 0.29) is 11.8 Å². The van der Waals surface area contributed by atoms with Crippen LogP contribution in [0.1, 0.15) is 24.1 Å². The van der Waals surface area contributed by atoms with E-state index in [1.807, 2.05) is 31.2 Å². The Morgan fingerprint density at radius 1 is 1.05 bits per heavy atom. The Balaban J connectivity index is 2.09. The molecule has 0 radical (unpaired) electrons. The molecule has 0 aliphatic rings. The van der Waals surface area contributed by atoms with Gasteiger partial charge in [0, 0.05) is 28.2 Å². The first-order chi connectivity index (χ1) is 9.09. The maximum Gasteiger partial charge on any atom is 0.121 e. The van der Waals surface area contributed by atoms with Crippen molar-refractivity contribution in [3.8, 4) is 5.75 Å². The molecule has 0 amide bonds. The molecular formula is C15H15Cl2NO. The predicted octanol–water partition coefficient (Wildman–Crippen LogP) is 4.55. The topological polar surface area (TPSA) is 32.3 Å². The molecule has 1 atom stereocenters. The lowest BCUT2D eigenvalue weighted by atomic mass is 10.1. The van der Waals surface area contributed by atoms with Crippen LogP contribution in [-0.2, 0) is 6.54 Å². The summed E-state index contributed by atoms with van der Waals surface area (Å²) in [7, 11) is 0. The van der Waals surface area contributed by atoms with Crippen LogP contribution in [0.25, 0.3) is 0 Å². The van der Waals surface area contributed by atoms with Gasteiger partial charge in [-0.25, -0.2) is 0 Å². The van der Waals surface area contributed by atoms with E-state index in [9.17, 15) is 5.11 Å². The van der Waals surface area contributed by atoms with Gasteiger partial charge in [-0.15, -0.1) is 0 Å². The first-order valence-electron chi connectivity index (χ1n) is 6.03. The second-order valence-corrected chi connectivity index (χ2v) is 5.18. The summed E-state index contributed by atoms with van der Waals surface area (Å²) in [4.78, 5) is 0. The Morgan fingerprint density at radius 3 is 2.42 bits per heavy atom. The van der Waals surface area contributed by atoms with Crippen LogP contribution in [0, 0.1) is 0 Å². The summed E-state index contributed by atoms with van der Waals surface area (Å²) in [5.74, 6) is 0.200. The average molecular weight is 296 g/mol. The van der Waals surface area contributed by atoms with Crippen LogP contribution >= 0.6 is 23.2 Å². The lowest BCUT2D eigenvalue weighted by Gasteiger charge is -2.16. The van der Waals surface area contributed by atoms with Gasteiger partial charge < -0.3 is 10.4 Å². The van der Waals surface area contributed by atoms with Gasteiger partial charge in [-0.1, -0.05) is 47.5 Å². The monoisotopic (exact) mass is 295 g/mol. The third-order valence-corrected chi connectivity index (χ3v) is 3.75. The van der Waals surface area contributed by atoms with Crippen molar-refractivity contribution in [2.45, 2.75) is 19.5 Å². The molecule has 4 heteroatoms. The van der Waals surface area contributed by atoms with Gasteiger partial charge in [-0.3, -0.25) is 0 Å². The zero-order chi connectivity index (χ0) is 13.8. The summed E-state index contributed by atoms with van der Waals surface area (Å²) < 4.78 is 0. The minimum Gasteiger partial charge on any atom is -0.508 e. The second kappa shape index (κ2) is 6.29. The van der Waals surface area contributed by atoms with Crippen molar-refractivity contribution >= 4 is 23.2 Å². The average Bonchev–Trinajstić information content (AvgIpc) is 2.38. The van der Waals surface area contributed by atoms with E-state index in [1.54, 1.807) is 18.2 Å². The van der Waals surface area contributed by atoms with Crippen LogP contribution in [0.2, 0.25) is 10.0 Å². The van der Waals surface area contributed by atoms with Crippen molar-refractivity contribution in [3.05, 3.63) is 63.6 Å². The number of nitrogens with one attached hydrogen (secondary N) is 1. The van der Waals surface area contributed by atoms with E-state index < -0.39 is 0 Å². The summed E-state index contributed by atoms with van der Waals surface area (Å²) in [6.07, 6.45) is 0. The molecule has 0 aromatic heterocycles. The molecular weight excluding hydrogens is 281 g/mol. The van der Waals surface area contributed by atoms with Crippen molar-refractivity contribution in [2.24, 2.45) is 0 Å². The molecule has 0 saturated carbocycles. The third kappa shape index (κ3) is 3.41. The molecule has 0 aliphatic heterocycles. The Hall–Kier alpha value is -1.22. The van der Waals surface area contributed by atoms with E-state index in [0.29, 0.717) is 17.1 Å². The van der Waals surface area contributed by atoms with Crippen molar-refractivity contribution in [1.29, 1.82) is 0 Å². The zero-order valence-electron chi connectivity index (χ0n) is 10.5. The normalized spacial score (nSPS) is 12.4. The van der Waals surface area contributed by atoms with Gasteiger partial charge in [-0.2, -0.15) is 0 Å². The van der Waals surface area contributed by atoms with Crippen LogP contribution in [0.3, 0.4) is 0 Å². The molecule has 2 rings (SSSR count). The van der Waals surface area contributed by atoms with Gasteiger partial charge in [0.2, 0.25) is 0 Å². The number of rotatable bonds is 4. The summed E-state index contributed by atoms with van der Waals surface area (Å²) >= 11 is 12.2. The quantitative estimate of drug-likeness (QED) is 0.867. The molecule has 1 unspecified atom stereocenters. The van der Waals surface area contributed by atoms with Gasteiger partial charge in [-0.05, 0) is 30.7 Å². The van der Waals surface area contributed by atoms with Crippen LogP contribution < -0.4 is 5.32 Å². The van der Waals surface area contributed by atoms with E-state index >= 15 is 0 Å². The minimum atomic E-state index is 0.0735. The fourth-order valence-corrected chi connectivity index (χ4v) is 2.45. The number of phenols is 1. The Kier molecular flexibility index (Phi) is 4.70. The Morgan fingerprint density at radius 2 is 1.74 bits per heavy atom. The molecule has 0 aliphatic carbocycles. The molecule has 100 valence electrons. The van der Waals surface area contributed by atoms with Crippen molar-refractivity contribution in [1.82, 2.24) is 5.32 Å². The molecule has 2 aromatic carbocycles. The highest BCUT2D eigenvalue weighted by atomic mass is 35.5. The Bertz CT molecular complexity index is 552. The predicted molar refractivity (Wildman–Crippen MR) is 79.8 cm³/mol. The van der Waals surface area contributed by atoms with Gasteiger partial charge in [0.1, 0.15) is 5.75 Å². The van der Waals surface area contributed by atoms with E-state index in [0.717, 1.165) is 10.6 Å². The van der Waals surface area contributed by atoms with E-state index in [2.05, 4.69) is 5.32 Å². The van der Waals surface area contributed by atoms with E-state index in [1.165, 1.54) is 0 Å². The van der Waals surface area contributed by atoms with Crippen LogP contribution in [0.5, 0.6) is 5.75 Å². The lowest BCUT2D eigenvalue weighted by Crippen LogP contribution is -2.18. The van der Waals surface area contributed by atoms with Crippen LogP contribution in [0.15, 0.2) is 42.5 Å². The molecule has 0 bridgehead atoms. The number of phenolic OH excluding ortho intramolecular Hbond substituents is 1. The number of halogens is 2. The molecule has 0 spiro atoms.